The van der Waals surface area contributed by atoms with Crippen LogP contribution in [0.15, 0.2) is 18.2 Å². The van der Waals surface area contributed by atoms with Crippen molar-refractivity contribution in [1.29, 1.82) is 0 Å². The van der Waals surface area contributed by atoms with E-state index in [1.165, 1.54) is 0 Å². The predicted molar refractivity (Wildman–Crippen MR) is 81.4 cm³/mol. The average molecular weight is 309 g/mol. The number of aliphatic carboxylic acids is 1. The van der Waals surface area contributed by atoms with Gasteiger partial charge in [-0.25, -0.2) is 4.79 Å². The molecule has 0 aromatic heterocycles. The molecule has 1 aromatic carbocycles. The molecule has 1 N–H and O–H groups in total. The van der Waals surface area contributed by atoms with Crippen molar-refractivity contribution in [3.8, 4) is 11.5 Å². The molecule has 0 spiro atoms. The van der Waals surface area contributed by atoms with E-state index >= 15 is 0 Å². The molecule has 1 aromatic rings. The zero-order chi connectivity index (χ0) is 15.9. The Labute approximate surface area is 130 Å². The average Bonchev–Trinajstić information content (AvgIpc) is 2.53. The molecular formula is C16H23NO5. The molecule has 6 nitrogen and oxygen atoms in total. The van der Waals surface area contributed by atoms with Gasteiger partial charge in [0.2, 0.25) is 0 Å². The van der Waals surface area contributed by atoms with Gasteiger partial charge in [0.1, 0.15) is 0 Å². The third-order valence-corrected chi connectivity index (χ3v) is 3.78. The number of benzene rings is 1. The molecule has 0 saturated carbocycles. The molecule has 0 amide bonds. The Kier molecular flexibility index (Phi) is 6.03. The zero-order valence-electron chi connectivity index (χ0n) is 13.1. The minimum Gasteiger partial charge on any atom is -0.493 e. The van der Waals surface area contributed by atoms with Crippen LogP contribution < -0.4 is 9.47 Å². The Bertz CT molecular complexity index is 505. The van der Waals surface area contributed by atoms with E-state index in [4.69, 9.17) is 19.3 Å². The first-order valence-electron chi connectivity index (χ1n) is 7.39. The molecule has 1 heterocycles. The summed E-state index contributed by atoms with van der Waals surface area (Å²) in [7, 11) is 3.31. The van der Waals surface area contributed by atoms with Crippen molar-refractivity contribution in [2.75, 3.05) is 33.9 Å². The summed E-state index contributed by atoms with van der Waals surface area (Å²) >= 11 is 0. The largest absolute Gasteiger partial charge is 0.493 e. The highest BCUT2D eigenvalue weighted by Gasteiger charge is 2.19. The molecule has 1 saturated heterocycles. The van der Waals surface area contributed by atoms with Crippen molar-refractivity contribution in [1.82, 2.24) is 4.90 Å². The molecule has 2 rings (SSSR count). The van der Waals surface area contributed by atoms with Crippen LogP contribution in [0, 0.1) is 0 Å². The van der Waals surface area contributed by atoms with Crippen LogP contribution in [0.4, 0.5) is 0 Å². The molecule has 1 atom stereocenters. The fraction of sp³-hybridized carbons (Fsp3) is 0.562. The summed E-state index contributed by atoms with van der Waals surface area (Å²) in [6, 6.07) is 5.60. The van der Waals surface area contributed by atoms with E-state index in [0.717, 1.165) is 38.0 Å². The number of carboxylic acid groups (broad SMARTS) is 1. The van der Waals surface area contributed by atoms with E-state index in [1.807, 2.05) is 12.1 Å². The minimum atomic E-state index is -1.01. The predicted octanol–water partition coefficient (Wildman–Crippen LogP) is 1.77. The van der Waals surface area contributed by atoms with Gasteiger partial charge in [0.15, 0.2) is 18.1 Å². The fourth-order valence-electron chi connectivity index (χ4n) is 2.68. The maximum atomic E-state index is 10.6. The summed E-state index contributed by atoms with van der Waals surface area (Å²) in [5.41, 5.74) is 1.11. The number of rotatable bonds is 7. The summed E-state index contributed by atoms with van der Waals surface area (Å²) in [6.07, 6.45) is 2.54. The maximum Gasteiger partial charge on any atom is 0.341 e. The van der Waals surface area contributed by atoms with Gasteiger partial charge in [0.05, 0.1) is 13.2 Å². The molecule has 0 radical (unpaired) electrons. The number of likely N-dealkylation sites (tertiary alicyclic amines) is 1. The third-order valence-electron chi connectivity index (χ3n) is 3.78. The van der Waals surface area contributed by atoms with Crippen molar-refractivity contribution < 1.29 is 24.1 Å². The van der Waals surface area contributed by atoms with Crippen LogP contribution >= 0.6 is 0 Å². The minimum absolute atomic E-state index is 0.300. The van der Waals surface area contributed by atoms with Gasteiger partial charge in [0, 0.05) is 20.2 Å². The molecule has 1 fully saturated rings. The summed E-state index contributed by atoms with van der Waals surface area (Å²) in [5, 5.41) is 8.67. The monoisotopic (exact) mass is 309 g/mol. The van der Waals surface area contributed by atoms with Gasteiger partial charge >= 0.3 is 5.97 Å². The van der Waals surface area contributed by atoms with E-state index in [2.05, 4.69) is 4.90 Å². The lowest BCUT2D eigenvalue weighted by Crippen LogP contribution is -2.38. The van der Waals surface area contributed by atoms with Crippen LogP contribution in [0.5, 0.6) is 11.5 Å². The van der Waals surface area contributed by atoms with Gasteiger partial charge in [-0.2, -0.15) is 0 Å². The number of hydrogen-bond donors (Lipinski definition) is 1. The van der Waals surface area contributed by atoms with E-state index < -0.39 is 5.97 Å². The Morgan fingerprint density at radius 3 is 2.86 bits per heavy atom. The maximum absolute atomic E-state index is 10.6. The van der Waals surface area contributed by atoms with Crippen LogP contribution in [0.1, 0.15) is 18.4 Å². The summed E-state index contributed by atoms with van der Waals surface area (Å²) < 4.78 is 15.9. The number of ether oxygens (including phenoxy) is 3. The molecule has 122 valence electrons. The van der Waals surface area contributed by atoms with Crippen molar-refractivity contribution in [3.05, 3.63) is 23.8 Å². The second kappa shape index (κ2) is 8.00. The van der Waals surface area contributed by atoms with Crippen molar-refractivity contribution in [3.63, 3.8) is 0 Å². The standard InChI is InChI=1S/C16H23NO5/c1-20-13-4-3-7-17(10-13)9-12-5-6-14(15(8-12)21-2)22-11-16(18)19/h5-6,8,13H,3-4,7,9-11H2,1-2H3,(H,18,19)/t13-/m0/s1. The van der Waals surface area contributed by atoms with Gasteiger partial charge < -0.3 is 19.3 Å². The van der Waals surface area contributed by atoms with E-state index in [-0.39, 0.29) is 6.61 Å². The quantitative estimate of drug-likeness (QED) is 0.828. The number of methoxy groups -OCH3 is 2. The summed E-state index contributed by atoms with van der Waals surface area (Å²) in [5.74, 6) is -0.00818. The highest BCUT2D eigenvalue weighted by molar-refractivity contribution is 5.68. The molecule has 0 unspecified atom stereocenters. The SMILES string of the molecule is COc1cc(CN2CCC[C@H](OC)C2)ccc1OCC(=O)O. The molecule has 22 heavy (non-hydrogen) atoms. The first kappa shape index (κ1) is 16.6. The number of nitrogens with zero attached hydrogens (tertiary/aromatic N) is 1. The number of piperidine rings is 1. The van der Waals surface area contributed by atoms with E-state index in [1.54, 1.807) is 20.3 Å². The Balaban J connectivity index is 2.00. The second-order valence-corrected chi connectivity index (χ2v) is 5.40. The van der Waals surface area contributed by atoms with Gasteiger partial charge in [0.25, 0.3) is 0 Å². The zero-order valence-corrected chi connectivity index (χ0v) is 13.1. The number of carboxylic acids is 1. The molecule has 1 aliphatic rings. The summed E-state index contributed by atoms with van der Waals surface area (Å²) in [6.45, 7) is 2.42. The van der Waals surface area contributed by atoms with Crippen LogP contribution in [0.3, 0.4) is 0 Å². The molecule has 1 aliphatic heterocycles. The number of hydrogen-bond acceptors (Lipinski definition) is 5. The van der Waals surface area contributed by atoms with Gasteiger partial charge in [-0.05, 0) is 37.1 Å². The van der Waals surface area contributed by atoms with Crippen LogP contribution in [0.2, 0.25) is 0 Å². The molecule has 0 bridgehead atoms. The topological polar surface area (TPSA) is 68.2 Å². The van der Waals surface area contributed by atoms with Crippen LogP contribution in [0.25, 0.3) is 0 Å². The second-order valence-electron chi connectivity index (χ2n) is 5.40. The highest BCUT2D eigenvalue weighted by atomic mass is 16.5. The lowest BCUT2D eigenvalue weighted by molar-refractivity contribution is -0.139. The molecule has 0 aliphatic carbocycles. The van der Waals surface area contributed by atoms with Crippen LogP contribution in [-0.4, -0.2) is 56.0 Å². The lowest BCUT2D eigenvalue weighted by atomic mass is 10.1. The van der Waals surface area contributed by atoms with E-state index in [9.17, 15) is 4.79 Å². The van der Waals surface area contributed by atoms with Gasteiger partial charge in [-0.1, -0.05) is 6.07 Å². The Morgan fingerprint density at radius 1 is 1.36 bits per heavy atom. The van der Waals surface area contributed by atoms with Crippen molar-refractivity contribution in [2.24, 2.45) is 0 Å². The van der Waals surface area contributed by atoms with Gasteiger partial charge in [-0.15, -0.1) is 0 Å². The lowest BCUT2D eigenvalue weighted by Gasteiger charge is -2.31. The Hall–Kier alpha value is -1.79. The molecular weight excluding hydrogens is 286 g/mol. The number of carbonyl (C=O) groups is 1. The first-order valence-corrected chi connectivity index (χ1v) is 7.39. The van der Waals surface area contributed by atoms with Crippen molar-refractivity contribution in [2.45, 2.75) is 25.5 Å². The Morgan fingerprint density at radius 2 is 2.18 bits per heavy atom. The van der Waals surface area contributed by atoms with Gasteiger partial charge in [-0.3, -0.25) is 4.90 Å². The highest BCUT2D eigenvalue weighted by Crippen LogP contribution is 2.29. The van der Waals surface area contributed by atoms with Crippen LogP contribution in [-0.2, 0) is 16.1 Å². The normalized spacial score (nSPS) is 18.9. The fourth-order valence-corrected chi connectivity index (χ4v) is 2.68. The van der Waals surface area contributed by atoms with Crippen molar-refractivity contribution >= 4 is 5.97 Å². The third kappa shape index (κ3) is 4.61. The smallest absolute Gasteiger partial charge is 0.341 e. The first-order chi connectivity index (χ1) is 10.6. The summed E-state index contributed by atoms with van der Waals surface area (Å²) in [4.78, 5) is 12.9. The van der Waals surface area contributed by atoms with E-state index in [0.29, 0.717) is 17.6 Å². The molecule has 6 heteroatoms.